The van der Waals surface area contributed by atoms with Crippen LogP contribution in [0.15, 0.2) is 54.6 Å². The standard InChI is InChI=1S/C21H24N2O2S/c1-2-13-22-20(25)17-8-10-18(11-9-17)21-23(19(24)15-26-21)14-12-16-6-4-3-5-7-16/h3-11,21H,2,12-15H2,1H3,(H,22,25). The van der Waals surface area contributed by atoms with Gasteiger partial charge < -0.3 is 10.2 Å². The first-order chi connectivity index (χ1) is 12.7. The molecule has 4 nitrogen and oxygen atoms in total. The molecule has 0 aliphatic carbocycles. The largest absolute Gasteiger partial charge is 0.352 e. The van der Waals surface area contributed by atoms with E-state index in [9.17, 15) is 9.59 Å². The van der Waals surface area contributed by atoms with Crippen molar-refractivity contribution in [3.05, 3.63) is 71.3 Å². The van der Waals surface area contributed by atoms with Crippen LogP contribution in [0.2, 0.25) is 0 Å². The Labute approximate surface area is 159 Å². The first-order valence-corrected chi connectivity index (χ1v) is 10.1. The summed E-state index contributed by atoms with van der Waals surface area (Å²) in [5.41, 5.74) is 2.97. The van der Waals surface area contributed by atoms with E-state index < -0.39 is 0 Å². The van der Waals surface area contributed by atoms with Gasteiger partial charge in [-0.05, 0) is 36.1 Å². The van der Waals surface area contributed by atoms with Crippen LogP contribution in [-0.2, 0) is 11.2 Å². The summed E-state index contributed by atoms with van der Waals surface area (Å²) in [4.78, 5) is 26.3. The molecular formula is C21H24N2O2S. The molecule has 0 saturated carbocycles. The zero-order chi connectivity index (χ0) is 18.4. The molecule has 1 heterocycles. The second-order valence-corrected chi connectivity index (χ2v) is 7.43. The highest BCUT2D eigenvalue weighted by Crippen LogP contribution is 2.38. The van der Waals surface area contributed by atoms with Crippen LogP contribution in [0.3, 0.4) is 0 Å². The van der Waals surface area contributed by atoms with Crippen molar-refractivity contribution in [3.8, 4) is 0 Å². The Morgan fingerprint density at radius 3 is 2.58 bits per heavy atom. The van der Waals surface area contributed by atoms with Crippen molar-refractivity contribution in [2.24, 2.45) is 0 Å². The molecule has 1 N–H and O–H groups in total. The normalized spacial score (nSPS) is 16.7. The van der Waals surface area contributed by atoms with Crippen LogP contribution in [0, 0.1) is 0 Å². The zero-order valence-corrected chi connectivity index (χ0v) is 15.8. The molecule has 1 aliphatic heterocycles. The molecule has 0 bridgehead atoms. The molecule has 2 aromatic rings. The third kappa shape index (κ3) is 4.47. The number of amides is 2. The number of nitrogens with one attached hydrogen (secondary N) is 1. The SMILES string of the molecule is CCCNC(=O)c1ccc(C2SCC(=O)N2CCc2ccccc2)cc1. The van der Waals surface area contributed by atoms with Crippen molar-refractivity contribution in [1.29, 1.82) is 0 Å². The monoisotopic (exact) mass is 368 g/mol. The van der Waals surface area contributed by atoms with E-state index in [1.165, 1.54) is 5.56 Å². The van der Waals surface area contributed by atoms with Gasteiger partial charge in [0.15, 0.2) is 0 Å². The third-order valence-electron chi connectivity index (χ3n) is 4.45. The topological polar surface area (TPSA) is 49.4 Å². The van der Waals surface area contributed by atoms with Crippen molar-refractivity contribution in [2.75, 3.05) is 18.8 Å². The van der Waals surface area contributed by atoms with Gasteiger partial charge in [0.1, 0.15) is 5.37 Å². The highest BCUT2D eigenvalue weighted by atomic mass is 32.2. The lowest BCUT2D eigenvalue weighted by Gasteiger charge is -2.24. The summed E-state index contributed by atoms with van der Waals surface area (Å²) in [7, 11) is 0. The predicted octanol–water partition coefficient (Wildman–Crippen LogP) is 3.64. The fourth-order valence-electron chi connectivity index (χ4n) is 3.01. The summed E-state index contributed by atoms with van der Waals surface area (Å²) in [5.74, 6) is 0.647. The quantitative estimate of drug-likeness (QED) is 0.812. The maximum absolute atomic E-state index is 12.3. The first kappa shape index (κ1) is 18.5. The molecule has 0 spiro atoms. The van der Waals surface area contributed by atoms with E-state index in [2.05, 4.69) is 17.4 Å². The fraction of sp³-hybridized carbons (Fsp3) is 0.333. The van der Waals surface area contributed by atoms with Crippen molar-refractivity contribution >= 4 is 23.6 Å². The van der Waals surface area contributed by atoms with Crippen molar-refractivity contribution in [3.63, 3.8) is 0 Å². The summed E-state index contributed by atoms with van der Waals surface area (Å²) in [5, 5.41) is 2.91. The molecule has 136 valence electrons. The second-order valence-electron chi connectivity index (χ2n) is 6.36. The van der Waals surface area contributed by atoms with Crippen LogP contribution in [0.5, 0.6) is 0 Å². The molecular weight excluding hydrogens is 344 g/mol. The Balaban J connectivity index is 1.66. The Bertz CT molecular complexity index is 746. The first-order valence-electron chi connectivity index (χ1n) is 9.02. The van der Waals surface area contributed by atoms with E-state index in [1.54, 1.807) is 11.8 Å². The maximum atomic E-state index is 12.3. The molecule has 1 unspecified atom stereocenters. The van der Waals surface area contributed by atoms with E-state index in [-0.39, 0.29) is 17.2 Å². The number of thioether (sulfide) groups is 1. The lowest BCUT2D eigenvalue weighted by atomic mass is 10.1. The van der Waals surface area contributed by atoms with E-state index in [4.69, 9.17) is 0 Å². The van der Waals surface area contributed by atoms with Gasteiger partial charge in [-0.25, -0.2) is 0 Å². The maximum Gasteiger partial charge on any atom is 0.251 e. The van der Waals surface area contributed by atoms with E-state index >= 15 is 0 Å². The van der Waals surface area contributed by atoms with Gasteiger partial charge >= 0.3 is 0 Å². The molecule has 0 radical (unpaired) electrons. The van der Waals surface area contributed by atoms with Crippen LogP contribution in [0.25, 0.3) is 0 Å². The van der Waals surface area contributed by atoms with Crippen LogP contribution in [0.1, 0.15) is 40.2 Å². The number of benzene rings is 2. The third-order valence-corrected chi connectivity index (χ3v) is 5.70. The molecule has 26 heavy (non-hydrogen) atoms. The van der Waals surface area contributed by atoms with Gasteiger partial charge in [0.25, 0.3) is 5.91 Å². The van der Waals surface area contributed by atoms with Crippen LogP contribution in [0.4, 0.5) is 0 Å². The molecule has 3 rings (SSSR count). The highest BCUT2D eigenvalue weighted by Gasteiger charge is 2.32. The molecule has 5 heteroatoms. The van der Waals surface area contributed by atoms with Crippen LogP contribution in [-0.4, -0.2) is 35.6 Å². The van der Waals surface area contributed by atoms with Crippen molar-refractivity contribution in [1.82, 2.24) is 10.2 Å². The van der Waals surface area contributed by atoms with Gasteiger partial charge in [0.2, 0.25) is 5.91 Å². The number of carbonyl (C=O) groups excluding carboxylic acids is 2. The van der Waals surface area contributed by atoms with Crippen LogP contribution < -0.4 is 5.32 Å². The van der Waals surface area contributed by atoms with Gasteiger partial charge in [0.05, 0.1) is 5.75 Å². The molecule has 2 aromatic carbocycles. The van der Waals surface area contributed by atoms with Crippen molar-refractivity contribution < 1.29 is 9.59 Å². The molecule has 1 aliphatic rings. The van der Waals surface area contributed by atoms with Crippen molar-refractivity contribution in [2.45, 2.75) is 25.1 Å². The van der Waals surface area contributed by atoms with Gasteiger partial charge in [-0.3, -0.25) is 9.59 Å². The number of rotatable bonds is 7. The van der Waals surface area contributed by atoms with E-state index in [1.807, 2.05) is 54.3 Å². The molecule has 0 aromatic heterocycles. The number of carbonyl (C=O) groups is 2. The lowest BCUT2D eigenvalue weighted by Crippen LogP contribution is -2.30. The molecule has 2 amide bonds. The minimum atomic E-state index is -0.0468. The van der Waals surface area contributed by atoms with Crippen LogP contribution >= 0.6 is 11.8 Å². The number of hydrogen-bond donors (Lipinski definition) is 1. The summed E-state index contributed by atoms with van der Waals surface area (Å²) in [6, 6.07) is 17.9. The molecule has 1 atom stereocenters. The number of hydrogen-bond acceptors (Lipinski definition) is 3. The average molecular weight is 369 g/mol. The Kier molecular flexibility index (Phi) is 6.34. The van der Waals surface area contributed by atoms with E-state index in [0.717, 1.165) is 18.4 Å². The minimum absolute atomic E-state index is 0.0268. The smallest absolute Gasteiger partial charge is 0.251 e. The van der Waals surface area contributed by atoms with Gasteiger partial charge in [-0.1, -0.05) is 49.4 Å². The molecule has 1 fully saturated rings. The summed E-state index contributed by atoms with van der Waals surface area (Å²) < 4.78 is 0. The Morgan fingerprint density at radius 2 is 1.88 bits per heavy atom. The van der Waals surface area contributed by atoms with Gasteiger partial charge in [0, 0.05) is 18.7 Å². The Hall–Kier alpha value is -2.27. The van der Waals surface area contributed by atoms with Gasteiger partial charge in [-0.2, -0.15) is 0 Å². The highest BCUT2D eigenvalue weighted by molar-refractivity contribution is 8.00. The Morgan fingerprint density at radius 1 is 1.15 bits per heavy atom. The summed E-state index contributed by atoms with van der Waals surface area (Å²) in [6.45, 7) is 3.42. The minimum Gasteiger partial charge on any atom is -0.352 e. The van der Waals surface area contributed by atoms with E-state index in [0.29, 0.717) is 24.4 Å². The second kappa shape index (κ2) is 8.90. The lowest BCUT2D eigenvalue weighted by molar-refractivity contribution is -0.128. The summed E-state index contributed by atoms with van der Waals surface area (Å²) in [6.07, 6.45) is 1.77. The number of nitrogens with zero attached hydrogens (tertiary/aromatic N) is 1. The van der Waals surface area contributed by atoms with Gasteiger partial charge in [-0.15, -0.1) is 11.8 Å². The predicted molar refractivity (Wildman–Crippen MR) is 106 cm³/mol. The summed E-state index contributed by atoms with van der Waals surface area (Å²) >= 11 is 1.65. The average Bonchev–Trinajstić information content (AvgIpc) is 3.06. The molecule has 1 saturated heterocycles. The fourth-order valence-corrected chi connectivity index (χ4v) is 4.22. The zero-order valence-electron chi connectivity index (χ0n) is 15.0.